The maximum absolute atomic E-state index is 11.6. The molecule has 1 N–H and O–H groups in total. The van der Waals surface area contributed by atoms with E-state index in [9.17, 15) is 4.79 Å². The highest BCUT2D eigenvalue weighted by Gasteiger charge is 2.26. The van der Waals surface area contributed by atoms with Gasteiger partial charge in [0.25, 0.3) is 5.56 Å². The van der Waals surface area contributed by atoms with Crippen molar-refractivity contribution in [2.45, 2.75) is 18.8 Å². The second kappa shape index (κ2) is 4.11. The van der Waals surface area contributed by atoms with E-state index in [0.29, 0.717) is 5.92 Å². The monoisotopic (exact) mass is 290 g/mol. The van der Waals surface area contributed by atoms with Gasteiger partial charge < -0.3 is 4.98 Å². The minimum absolute atomic E-state index is 0.0762. The Morgan fingerprint density at radius 2 is 2.06 bits per heavy atom. The van der Waals surface area contributed by atoms with Crippen molar-refractivity contribution in [3.63, 3.8) is 0 Å². The van der Waals surface area contributed by atoms with Crippen molar-refractivity contribution >= 4 is 15.9 Å². The smallest absolute Gasteiger partial charge is 0.251 e. The molecule has 1 aliphatic carbocycles. The first-order valence-electron chi connectivity index (χ1n) is 5.60. The van der Waals surface area contributed by atoms with Gasteiger partial charge in [-0.1, -0.05) is 34.1 Å². The molecule has 0 aliphatic heterocycles. The van der Waals surface area contributed by atoms with Gasteiger partial charge in [-0.25, -0.2) is 4.98 Å². The Morgan fingerprint density at radius 3 is 2.76 bits per heavy atom. The maximum atomic E-state index is 11.6. The number of hydrogen-bond acceptors (Lipinski definition) is 2. The predicted molar refractivity (Wildman–Crippen MR) is 70.0 cm³/mol. The first-order chi connectivity index (χ1) is 8.24. The van der Waals surface area contributed by atoms with E-state index in [2.05, 4.69) is 25.9 Å². The molecule has 0 atom stereocenters. The van der Waals surface area contributed by atoms with Crippen LogP contribution in [0.1, 0.15) is 24.6 Å². The zero-order valence-corrected chi connectivity index (χ0v) is 10.7. The number of aromatic nitrogens is 2. The van der Waals surface area contributed by atoms with Crippen molar-refractivity contribution in [1.82, 2.24) is 9.97 Å². The van der Waals surface area contributed by atoms with Gasteiger partial charge in [0.2, 0.25) is 0 Å². The number of aromatic amines is 1. The molecule has 3 rings (SSSR count). The third-order valence-electron chi connectivity index (χ3n) is 2.87. The average molecular weight is 291 g/mol. The molecule has 3 nitrogen and oxygen atoms in total. The molecule has 1 fully saturated rings. The Morgan fingerprint density at radius 1 is 1.29 bits per heavy atom. The number of hydrogen-bond donors (Lipinski definition) is 1. The molecule has 86 valence electrons. The van der Waals surface area contributed by atoms with Gasteiger partial charge in [0.15, 0.2) is 0 Å². The fourth-order valence-corrected chi connectivity index (χ4v) is 2.32. The van der Waals surface area contributed by atoms with Crippen LogP contribution in [0.25, 0.3) is 11.3 Å². The fourth-order valence-electron chi connectivity index (χ4n) is 1.83. The Labute approximate surface area is 107 Å². The summed E-state index contributed by atoms with van der Waals surface area (Å²) >= 11 is 3.48. The first-order valence-corrected chi connectivity index (χ1v) is 6.39. The van der Waals surface area contributed by atoms with Crippen LogP contribution in [0.3, 0.4) is 0 Å². The van der Waals surface area contributed by atoms with Gasteiger partial charge in [0.05, 0.1) is 5.69 Å². The quantitative estimate of drug-likeness (QED) is 0.924. The van der Waals surface area contributed by atoms with Crippen molar-refractivity contribution < 1.29 is 0 Å². The van der Waals surface area contributed by atoms with E-state index in [0.717, 1.165) is 34.4 Å². The van der Waals surface area contributed by atoms with Crippen LogP contribution < -0.4 is 5.56 Å². The summed E-state index contributed by atoms with van der Waals surface area (Å²) in [7, 11) is 0. The van der Waals surface area contributed by atoms with Crippen LogP contribution in [-0.4, -0.2) is 9.97 Å². The zero-order chi connectivity index (χ0) is 11.8. The lowest BCUT2D eigenvalue weighted by molar-refractivity contribution is 0.912. The molecule has 0 bridgehead atoms. The van der Waals surface area contributed by atoms with Crippen molar-refractivity contribution in [2.75, 3.05) is 0 Å². The summed E-state index contributed by atoms with van der Waals surface area (Å²) in [4.78, 5) is 19.0. The normalized spacial score (nSPS) is 14.9. The largest absolute Gasteiger partial charge is 0.310 e. The van der Waals surface area contributed by atoms with Gasteiger partial charge in [-0.05, 0) is 18.9 Å². The van der Waals surface area contributed by atoms with Crippen molar-refractivity contribution in [3.05, 3.63) is 51.0 Å². The van der Waals surface area contributed by atoms with Gasteiger partial charge in [-0.2, -0.15) is 0 Å². The lowest BCUT2D eigenvalue weighted by atomic mass is 10.1. The van der Waals surface area contributed by atoms with Crippen LogP contribution in [0.4, 0.5) is 0 Å². The molecule has 0 spiro atoms. The number of rotatable bonds is 2. The van der Waals surface area contributed by atoms with Crippen LogP contribution in [0.5, 0.6) is 0 Å². The fraction of sp³-hybridized carbons (Fsp3) is 0.231. The number of nitrogens with one attached hydrogen (secondary N) is 1. The van der Waals surface area contributed by atoms with Crippen molar-refractivity contribution in [1.29, 1.82) is 0 Å². The van der Waals surface area contributed by atoms with E-state index >= 15 is 0 Å². The molecule has 1 heterocycles. The molecule has 1 saturated carbocycles. The standard InChI is InChI=1S/C13H11BrN2O/c14-10-4-2-1-3-9(10)11-7-12(17)16-13(15-11)8-5-6-8/h1-4,7-8H,5-6H2,(H,15,16,17). The summed E-state index contributed by atoms with van der Waals surface area (Å²) in [5.41, 5.74) is 1.62. The van der Waals surface area contributed by atoms with E-state index in [-0.39, 0.29) is 5.56 Å². The molecule has 0 saturated heterocycles. The summed E-state index contributed by atoms with van der Waals surface area (Å²) in [6.07, 6.45) is 2.25. The average Bonchev–Trinajstić information content (AvgIpc) is 3.12. The summed E-state index contributed by atoms with van der Waals surface area (Å²) in [5.74, 6) is 1.27. The van der Waals surface area contributed by atoms with Gasteiger partial charge in [0, 0.05) is 22.0 Å². The highest BCUT2D eigenvalue weighted by atomic mass is 79.9. The molecule has 0 radical (unpaired) electrons. The maximum Gasteiger partial charge on any atom is 0.251 e. The lowest BCUT2D eigenvalue weighted by Crippen LogP contribution is -2.10. The summed E-state index contributed by atoms with van der Waals surface area (Å²) in [6, 6.07) is 9.35. The Balaban J connectivity index is 2.14. The zero-order valence-electron chi connectivity index (χ0n) is 9.11. The number of halogens is 1. The minimum atomic E-state index is -0.0762. The second-order valence-corrected chi connectivity index (χ2v) is 5.12. The van der Waals surface area contributed by atoms with Crippen molar-refractivity contribution in [3.8, 4) is 11.3 Å². The highest BCUT2D eigenvalue weighted by molar-refractivity contribution is 9.10. The third kappa shape index (κ3) is 2.17. The van der Waals surface area contributed by atoms with E-state index in [1.165, 1.54) is 0 Å². The molecular weight excluding hydrogens is 280 g/mol. The Kier molecular flexibility index (Phi) is 2.59. The SMILES string of the molecule is O=c1cc(-c2ccccc2Br)nc(C2CC2)[nH]1. The minimum Gasteiger partial charge on any atom is -0.310 e. The van der Waals surface area contributed by atoms with Crippen LogP contribution in [0.2, 0.25) is 0 Å². The lowest BCUT2D eigenvalue weighted by Gasteiger charge is -2.05. The number of H-pyrrole nitrogens is 1. The van der Waals surface area contributed by atoms with Gasteiger partial charge in [-0.3, -0.25) is 4.79 Å². The topological polar surface area (TPSA) is 45.8 Å². The predicted octanol–water partition coefficient (Wildman–Crippen LogP) is 3.08. The molecule has 0 amide bonds. The Bertz CT molecular complexity index is 617. The molecule has 2 aromatic rings. The van der Waals surface area contributed by atoms with E-state index in [1.54, 1.807) is 6.07 Å². The van der Waals surface area contributed by atoms with E-state index in [4.69, 9.17) is 0 Å². The molecule has 4 heteroatoms. The summed E-state index contributed by atoms with van der Waals surface area (Å²) < 4.78 is 0.958. The van der Waals surface area contributed by atoms with Gasteiger partial charge >= 0.3 is 0 Å². The molecule has 0 unspecified atom stereocenters. The third-order valence-corrected chi connectivity index (χ3v) is 3.57. The molecule has 1 aromatic carbocycles. The first kappa shape index (κ1) is 10.7. The number of benzene rings is 1. The van der Waals surface area contributed by atoms with Crippen LogP contribution in [0, 0.1) is 0 Å². The molecule has 1 aliphatic rings. The van der Waals surface area contributed by atoms with Crippen molar-refractivity contribution in [2.24, 2.45) is 0 Å². The van der Waals surface area contributed by atoms with Crippen LogP contribution >= 0.6 is 15.9 Å². The van der Waals surface area contributed by atoms with Gasteiger partial charge in [0.1, 0.15) is 5.82 Å². The van der Waals surface area contributed by atoms with E-state index in [1.807, 2.05) is 24.3 Å². The molecule has 17 heavy (non-hydrogen) atoms. The summed E-state index contributed by atoms with van der Waals surface area (Å²) in [6.45, 7) is 0. The van der Waals surface area contributed by atoms with Crippen LogP contribution in [-0.2, 0) is 0 Å². The van der Waals surface area contributed by atoms with Gasteiger partial charge in [-0.15, -0.1) is 0 Å². The summed E-state index contributed by atoms with van der Waals surface area (Å²) in [5, 5.41) is 0. The molecule has 1 aromatic heterocycles. The highest BCUT2D eigenvalue weighted by Crippen LogP contribution is 2.38. The number of nitrogens with zero attached hydrogens (tertiary/aromatic N) is 1. The van der Waals surface area contributed by atoms with Crippen LogP contribution in [0.15, 0.2) is 39.6 Å². The molecular formula is C13H11BrN2O. The second-order valence-electron chi connectivity index (χ2n) is 4.27. The van der Waals surface area contributed by atoms with E-state index < -0.39 is 0 Å². The Hall–Kier alpha value is -1.42.